The second-order valence-electron chi connectivity index (χ2n) is 19.2. The zero-order chi connectivity index (χ0) is 42.9. The highest BCUT2D eigenvalue weighted by Gasteiger charge is 2.30. The van der Waals surface area contributed by atoms with Crippen LogP contribution in [0.2, 0.25) is 0 Å². The molecule has 0 saturated heterocycles. The lowest BCUT2D eigenvalue weighted by Crippen LogP contribution is -2.05. The molecule has 0 heterocycles. The smallest absolute Gasteiger partial charge is 0.000118 e. The molecule has 0 amide bonds. The molecule has 0 saturated carbocycles. The Balaban J connectivity index is 1.88. The second kappa shape index (κ2) is 15.9. The van der Waals surface area contributed by atoms with Crippen molar-refractivity contribution in [2.45, 2.75) is 121 Å². The van der Waals surface area contributed by atoms with Crippen molar-refractivity contribution in [3.8, 4) is 44.5 Å². The maximum absolute atomic E-state index is 2.61. The van der Waals surface area contributed by atoms with Crippen LogP contribution in [0.3, 0.4) is 0 Å². The molecule has 0 unspecified atom stereocenters. The van der Waals surface area contributed by atoms with Gasteiger partial charge in [0, 0.05) is 0 Å². The van der Waals surface area contributed by atoms with Crippen LogP contribution in [0.15, 0.2) is 109 Å². The molecule has 0 spiro atoms. The van der Waals surface area contributed by atoms with Crippen LogP contribution in [-0.2, 0) is 0 Å². The van der Waals surface area contributed by atoms with Gasteiger partial charge >= 0.3 is 0 Å². The minimum Gasteiger partial charge on any atom is -0.0622 e. The number of hydrogen-bond donors (Lipinski definition) is 0. The third-order valence-corrected chi connectivity index (χ3v) is 13.2. The Hall–Kier alpha value is -5.46. The van der Waals surface area contributed by atoms with Crippen molar-refractivity contribution in [3.63, 3.8) is 0 Å². The second-order valence-corrected chi connectivity index (χ2v) is 19.2. The summed E-state index contributed by atoms with van der Waals surface area (Å²) in [4.78, 5) is 0. The first-order chi connectivity index (χ1) is 28.6. The molecule has 0 aliphatic carbocycles. The Kier molecular flexibility index (Phi) is 10.9. The first-order valence-electron chi connectivity index (χ1n) is 22.5. The minimum atomic E-state index is 0.373. The average molecular weight is 785 g/mol. The van der Waals surface area contributed by atoms with E-state index < -0.39 is 0 Å². The van der Waals surface area contributed by atoms with E-state index in [0.29, 0.717) is 23.7 Å². The van der Waals surface area contributed by atoms with Gasteiger partial charge in [-0.25, -0.2) is 0 Å². The molecule has 0 aromatic heterocycles. The van der Waals surface area contributed by atoms with E-state index >= 15 is 0 Å². The first kappa shape index (κ1) is 41.3. The monoisotopic (exact) mass is 785 g/mol. The van der Waals surface area contributed by atoms with Gasteiger partial charge in [0.25, 0.3) is 0 Å². The molecule has 0 atom stereocenters. The van der Waals surface area contributed by atoms with Crippen molar-refractivity contribution in [1.29, 1.82) is 0 Å². The number of rotatable bonds is 8. The normalized spacial score (nSPS) is 12.1. The van der Waals surface area contributed by atoms with E-state index in [2.05, 4.69) is 206 Å². The summed E-state index contributed by atoms with van der Waals surface area (Å²) in [5, 5.41) is 8.05. The van der Waals surface area contributed by atoms with Gasteiger partial charge in [0.15, 0.2) is 0 Å². The highest BCUT2D eigenvalue weighted by Crippen LogP contribution is 2.56. The highest BCUT2D eigenvalue weighted by atomic mass is 14.3. The molecular weight excluding hydrogens is 721 g/mol. The van der Waals surface area contributed by atoms with E-state index in [0.717, 1.165) is 0 Å². The predicted molar refractivity (Wildman–Crippen MR) is 265 cm³/mol. The van der Waals surface area contributed by atoms with Gasteiger partial charge in [0.2, 0.25) is 0 Å². The highest BCUT2D eigenvalue weighted by molar-refractivity contribution is 6.34. The molecule has 0 aliphatic rings. The first-order valence-corrected chi connectivity index (χ1v) is 22.5. The van der Waals surface area contributed by atoms with E-state index in [1.807, 2.05) is 0 Å². The molecule has 8 rings (SSSR count). The Labute approximate surface area is 360 Å². The fourth-order valence-electron chi connectivity index (χ4n) is 10.9. The summed E-state index contributed by atoms with van der Waals surface area (Å²) in [6, 6.07) is 42.7. The summed E-state index contributed by atoms with van der Waals surface area (Å²) in [5.74, 6) is 1.49. The molecule has 0 radical (unpaired) electrons. The molecular formula is C60H64. The number of fused-ring (bicyclic) bond motifs is 3. The predicted octanol–water partition coefficient (Wildman–Crippen LogP) is 18.2. The van der Waals surface area contributed by atoms with Crippen LogP contribution in [0.4, 0.5) is 0 Å². The van der Waals surface area contributed by atoms with Crippen molar-refractivity contribution in [3.05, 3.63) is 165 Å². The van der Waals surface area contributed by atoms with Gasteiger partial charge in [-0.2, -0.15) is 0 Å². The largest absolute Gasteiger partial charge is 0.0622 e. The SMILES string of the molecule is Cc1cc(C)c(-c2c3cc(C(C)C)c(C(C)C)cc3c(-c3ccccc3)c3c(-c4c(C)cc(C)cc4C)c4cc(C(C)C)c(C(C)C)cc4c(-c4ccccc4)c23)c(C)c1. The molecule has 0 heteroatoms. The lowest BCUT2D eigenvalue weighted by molar-refractivity contribution is 0.793. The van der Waals surface area contributed by atoms with Crippen LogP contribution < -0.4 is 0 Å². The third-order valence-electron chi connectivity index (χ3n) is 13.2. The van der Waals surface area contributed by atoms with E-state index in [-0.39, 0.29) is 0 Å². The maximum atomic E-state index is 2.61. The van der Waals surface area contributed by atoms with Gasteiger partial charge in [0.05, 0.1) is 0 Å². The van der Waals surface area contributed by atoms with Gasteiger partial charge in [0.1, 0.15) is 0 Å². The fraction of sp³-hybridized carbons (Fsp3) is 0.300. The molecule has 0 nitrogen and oxygen atoms in total. The third kappa shape index (κ3) is 6.87. The number of hydrogen-bond acceptors (Lipinski definition) is 0. The zero-order valence-electron chi connectivity index (χ0n) is 38.7. The van der Waals surface area contributed by atoms with Crippen molar-refractivity contribution >= 4 is 32.3 Å². The Morgan fingerprint density at radius 3 is 0.783 bits per heavy atom. The summed E-state index contributed by atoms with van der Waals surface area (Å²) in [5.41, 5.74) is 24.2. The summed E-state index contributed by atoms with van der Waals surface area (Å²) in [6.07, 6.45) is 0. The molecule has 304 valence electrons. The molecule has 60 heavy (non-hydrogen) atoms. The fourth-order valence-corrected chi connectivity index (χ4v) is 10.9. The van der Waals surface area contributed by atoms with Crippen molar-refractivity contribution < 1.29 is 0 Å². The van der Waals surface area contributed by atoms with Gasteiger partial charge < -0.3 is 0 Å². The Bertz CT molecular complexity index is 2700. The summed E-state index contributed by atoms with van der Waals surface area (Å²) in [7, 11) is 0. The molecule has 0 fully saturated rings. The van der Waals surface area contributed by atoms with E-state index in [4.69, 9.17) is 0 Å². The summed E-state index contributed by atoms with van der Waals surface area (Å²) >= 11 is 0. The average Bonchev–Trinajstić information content (AvgIpc) is 3.19. The summed E-state index contributed by atoms with van der Waals surface area (Å²) in [6.45, 7) is 32.8. The van der Waals surface area contributed by atoms with Gasteiger partial charge in [-0.15, -0.1) is 0 Å². The lowest BCUT2D eigenvalue weighted by Gasteiger charge is -2.30. The van der Waals surface area contributed by atoms with Crippen molar-refractivity contribution in [2.24, 2.45) is 0 Å². The molecule has 0 bridgehead atoms. The molecule has 8 aromatic carbocycles. The maximum Gasteiger partial charge on any atom is -0.000118 e. The van der Waals surface area contributed by atoms with Gasteiger partial charge in [-0.3, -0.25) is 0 Å². The minimum absolute atomic E-state index is 0.373. The van der Waals surface area contributed by atoms with E-state index in [1.54, 1.807) is 0 Å². The van der Waals surface area contributed by atoms with Crippen LogP contribution in [0.1, 0.15) is 135 Å². The zero-order valence-corrected chi connectivity index (χ0v) is 38.7. The van der Waals surface area contributed by atoms with Crippen molar-refractivity contribution in [2.75, 3.05) is 0 Å². The standard InChI is InChI=1S/C60H64/c1-33(2)45-29-49-51(31-47(45)35(5)6)57(53-39(11)25-37(9)26-40(53)12)60-56(44-23-19-16-20-24-44)50-30-46(34(3)4)48(36(7)8)32-52(50)58(54-41(13)27-38(10)28-42(54)14)59(60)55(49)43-21-17-15-18-22-43/h15-36H,1-14H3. The quantitative estimate of drug-likeness (QED) is 0.135. The Morgan fingerprint density at radius 1 is 0.283 bits per heavy atom. The lowest BCUT2D eigenvalue weighted by atomic mass is 9.73. The van der Waals surface area contributed by atoms with Gasteiger partial charge in [-0.1, -0.05) is 151 Å². The van der Waals surface area contributed by atoms with E-state index in [1.165, 1.54) is 132 Å². The molecule has 0 N–H and O–H groups in total. The summed E-state index contributed by atoms with van der Waals surface area (Å²) < 4.78 is 0. The molecule has 0 aliphatic heterocycles. The number of benzene rings is 8. The molecule has 8 aromatic rings. The van der Waals surface area contributed by atoms with Crippen LogP contribution in [-0.4, -0.2) is 0 Å². The van der Waals surface area contributed by atoms with Crippen molar-refractivity contribution in [1.82, 2.24) is 0 Å². The van der Waals surface area contributed by atoms with Crippen LogP contribution in [0, 0.1) is 41.5 Å². The topological polar surface area (TPSA) is 0 Å². The van der Waals surface area contributed by atoms with Crippen LogP contribution in [0.5, 0.6) is 0 Å². The van der Waals surface area contributed by atoms with Crippen LogP contribution in [0.25, 0.3) is 76.8 Å². The van der Waals surface area contributed by atoms with Crippen LogP contribution >= 0.6 is 0 Å². The number of aryl methyl sites for hydroxylation is 6. The van der Waals surface area contributed by atoms with E-state index in [9.17, 15) is 0 Å². The Morgan fingerprint density at radius 2 is 0.533 bits per heavy atom. The van der Waals surface area contributed by atoms with Gasteiger partial charge in [-0.05, 0) is 211 Å².